The lowest BCUT2D eigenvalue weighted by atomic mass is 9.83. The van der Waals surface area contributed by atoms with Crippen LogP contribution < -0.4 is 0 Å². The van der Waals surface area contributed by atoms with Crippen LogP contribution in [-0.4, -0.2) is 46.0 Å². The number of esters is 4. The first-order valence-corrected chi connectivity index (χ1v) is 17.4. The van der Waals surface area contributed by atoms with Crippen molar-refractivity contribution in [2.45, 2.75) is 0 Å². The molecule has 10 heteroatoms. The Hall–Kier alpha value is -7.98. The van der Waals surface area contributed by atoms with Gasteiger partial charge in [0.1, 0.15) is 0 Å². The summed E-state index contributed by atoms with van der Waals surface area (Å²) in [6.45, 7) is 0. The minimum absolute atomic E-state index is 0.00394. The van der Waals surface area contributed by atoms with Crippen LogP contribution in [0.4, 0.5) is 0 Å². The molecule has 0 aromatic heterocycles. The second-order valence-electron chi connectivity index (χ2n) is 13.5. The monoisotopic (exact) mass is 734 g/mol. The van der Waals surface area contributed by atoms with Crippen LogP contribution in [0, 0.1) is 0 Å². The first kappa shape index (κ1) is 32.7. The molecule has 0 unspecified atom stereocenters. The number of fused-ring (bicyclic) bond motifs is 2. The molecule has 11 rings (SSSR count). The summed E-state index contributed by atoms with van der Waals surface area (Å²) in [6.07, 6.45) is 0. The van der Waals surface area contributed by atoms with E-state index in [0.717, 1.165) is 0 Å². The van der Waals surface area contributed by atoms with Crippen molar-refractivity contribution in [3.05, 3.63) is 155 Å². The number of carbonyl (C=O) groups is 6. The Bertz CT molecular complexity index is 3000. The third kappa shape index (κ3) is 4.50. The Morgan fingerprint density at radius 2 is 0.625 bits per heavy atom. The smallest absolute Gasteiger partial charge is 0.346 e. The van der Waals surface area contributed by atoms with Crippen LogP contribution in [-0.2, 0) is 9.47 Å². The number of rotatable bonds is 3. The Morgan fingerprint density at radius 1 is 0.339 bits per heavy atom. The summed E-state index contributed by atoms with van der Waals surface area (Å²) in [4.78, 5) is 74.0. The first-order valence-electron chi connectivity index (χ1n) is 17.4. The Morgan fingerprint density at radius 3 is 0.929 bits per heavy atom. The molecule has 0 spiro atoms. The van der Waals surface area contributed by atoms with Gasteiger partial charge in [0.2, 0.25) is 0 Å². The molecule has 0 radical (unpaired) electrons. The van der Waals surface area contributed by atoms with Crippen molar-refractivity contribution < 1.29 is 48.5 Å². The number of hydrogen-bond donors (Lipinski definition) is 2. The van der Waals surface area contributed by atoms with Crippen molar-refractivity contribution in [2.75, 3.05) is 0 Å². The summed E-state index contributed by atoms with van der Waals surface area (Å²) in [5, 5.41) is 30.8. The number of benzene rings is 9. The maximum atomic E-state index is 12.4. The van der Waals surface area contributed by atoms with Crippen LogP contribution in [0.25, 0.3) is 75.8 Å². The molecule has 2 aliphatic heterocycles. The van der Waals surface area contributed by atoms with Gasteiger partial charge in [0, 0.05) is 21.5 Å². The largest absolute Gasteiger partial charge is 0.478 e. The van der Waals surface area contributed by atoms with Crippen LogP contribution in [0.1, 0.15) is 62.1 Å². The summed E-state index contributed by atoms with van der Waals surface area (Å²) in [5.41, 5.74) is -0.293. The van der Waals surface area contributed by atoms with Crippen molar-refractivity contribution in [3.63, 3.8) is 0 Å². The second-order valence-corrected chi connectivity index (χ2v) is 13.5. The van der Waals surface area contributed by atoms with E-state index in [-0.39, 0.29) is 66.1 Å². The average molecular weight is 735 g/mol. The van der Waals surface area contributed by atoms with E-state index in [9.17, 15) is 39.0 Å². The van der Waals surface area contributed by atoms with Gasteiger partial charge in [-0.2, -0.15) is 0 Å². The van der Waals surface area contributed by atoms with Crippen molar-refractivity contribution >= 4 is 100 Å². The fourth-order valence-electron chi connectivity index (χ4n) is 8.44. The van der Waals surface area contributed by atoms with E-state index in [2.05, 4.69) is 72.8 Å². The van der Waals surface area contributed by atoms with E-state index in [1.807, 2.05) is 0 Å². The van der Waals surface area contributed by atoms with Gasteiger partial charge in [-0.25, -0.2) is 28.8 Å². The zero-order valence-electron chi connectivity index (χ0n) is 28.7. The van der Waals surface area contributed by atoms with Crippen LogP contribution in [0.5, 0.6) is 0 Å². The molecular formula is C46H22O10. The standard InChI is InChI=1S/C26H10O10.C20H12/c27-21(28)11-3-7-15-19-13(23(31)35-25(15)33)5-1-9(17(11)19)10-2-6-14-20-16(26(34)36-24(14)32)8-4-12(18(10)20)22(29)30;1-5-13-6-2-11-17-18-12-4-8-14-7-3-10-16(20(14)18)15(9-1)19(13)17/h1-8H,(H,27,28)(H,29,30);1-12H. The topological polar surface area (TPSA) is 161 Å². The van der Waals surface area contributed by atoms with Crippen LogP contribution in [0.2, 0.25) is 0 Å². The molecule has 0 bridgehead atoms. The molecule has 0 saturated carbocycles. The van der Waals surface area contributed by atoms with Crippen molar-refractivity contribution in [3.8, 4) is 11.1 Å². The second kappa shape index (κ2) is 11.8. The molecule has 9 aromatic rings. The number of hydrogen-bond acceptors (Lipinski definition) is 8. The Labute approximate surface area is 314 Å². The number of cyclic esters (lactones) is 4. The summed E-state index contributed by atoms with van der Waals surface area (Å²) in [5.74, 6) is -6.53. The third-order valence-electron chi connectivity index (χ3n) is 10.7. The van der Waals surface area contributed by atoms with Crippen LogP contribution >= 0.6 is 0 Å². The Kier molecular flexibility index (Phi) is 6.86. The van der Waals surface area contributed by atoms with Gasteiger partial charge in [-0.3, -0.25) is 0 Å². The molecule has 0 atom stereocenters. The molecule has 56 heavy (non-hydrogen) atoms. The highest BCUT2D eigenvalue weighted by Crippen LogP contribution is 2.44. The van der Waals surface area contributed by atoms with Crippen molar-refractivity contribution in [1.82, 2.24) is 0 Å². The van der Waals surface area contributed by atoms with Gasteiger partial charge in [0.25, 0.3) is 0 Å². The molecule has 0 saturated heterocycles. The minimum Gasteiger partial charge on any atom is -0.478 e. The fraction of sp³-hybridized carbons (Fsp3) is 0. The lowest BCUT2D eigenvalue weighted by Gasteiger charge is -2.22. The maximum Gasteiger partial charge on any atom is 0.346 e. The highest BCUT2D eigenvalue weighted by Gasteiger charge is 2.34. The van der Waals surface area contributed by atoms with E-state index in [0.29, 0.717) is 0 Å². The van der Waals surface area contributed by atoms with Gasteiger partial charge in [-0.15, -0.1) is 0 Å². The van der Waals surface area contributed by atoms with Crippen molar-refractivity contribution in [1.29, 1.82) is 0 Å². The highest BCUT2D eigenvalue weighted by atomic mass is 16.6. The molecule has 0 amide bonds. The zero-order valence-corrected chi connectivity index (χ0v) is 28.7. The van der Waals surface area contributed by atoms with Crippen LogP contribution in [0.15, 0.2) is 121 Å². The van der Waals surface area contributed by atoms with E-state index < -0.39 is 35.8 Å². The van der Waals surface area contributed by atoms with Gasteiger partial charge in [-0.05, 0) is 90.6 Å². The summed E-state index contributed by atoms with van der Waals surface area (Å²) in [7, 11) is 0. The molecule has 2 aliphatic rings. The summed E-state index contributed by atoms with van der Waals surface area (Å²) in [6, 6.07) is 36.8. The summed E-state index contributed by atoms with van der Waals surface area (Å²) >= 11 is 0. The molecule has 2 N–H and O–H groups in total. The van der Waals surface area contributed by atoms with Gasteiger partial charge in [-0.1, -0.05) is 84.9 Å². The molecule has 10 nitrogen and oxygen atoms in total. The number of aromatic carboxylic acids is 2. The lowest BCUT2D eigenvalue weighted by Crippen LogP contribution is -2.21. The minimum atomic E-state index is -1.36. The number of ether oxygens (including phenoxy) is 2. The quantitative estimate of drug-likeness (QED) is 0.0774. The van der Waals surface area contributed by atoms with E-state index >= 15 is 0 Å². The van der Waals surface area contributed by atoms with E-state index in [4.69, 9.17) is 9.47 Å². The predicted molar refractivity (Wildman–Crippen MR) is 208 cm³/mol. The fourth-order valence-corrected chi connectivity index (χ4v) is 8.44. The average Bonchev–Trinajstić information content (AvgIpc) is 3.20. The number of carboxylic acid groups (broad SMARTS) is 2. The number of carbonyl (C=O) groups excluding carboxylic acids is 4. The molecule has 2 heterocycles. The SMILES string of the molecule is O=C1OC(=O)c2ccc(-c3ccc4c5c(ccc(C(=O)O)c35)C(=O)OC4=O)c3c(C(=O)O)ccc1c23.c1cc2cccc3c4cccc5cccc(c(c1)c23)c54. The van der Waals surface area contributed by atoms with E-state index in [1.165, 1.54) is 91.6 Å². The lowest BCUT2D eigenvalue weighted by molar-refractivity contribution is 0.0373. The predicted octanol–water partition coefficient (Wildman–Crippen LogP) is 9.41. The Balaban J connectivity index is 0.000000161. The molecule has 9 aromatic carbocycles. The van der Waals surface area contributed by atoms with E-state index in [1.54, 1.807) is 0 Å². The van der Waals surface area contributed by atoms with Gasteiger partial charge in [0.05, 0.1) is 33.4 Å². The zero-order chi connectivity index (χ0) is 38.6. The molecule has 0 fully saturated rings. The third-order valence-corrected chi connectivity index (χ3v) is 10.7. The van der Waals surface area contributed by atoms with Gasteiger partial charge < -0.3 is 19.7 Å². The van der Waals surface area contributed by atoms with Crippen LogP contribution in [0.3, 0.4) is 0 Å². The molecular weight excluding hydrogens is 712 g/mol. The molecule has 266 valence electrons. The van der Waals surface area contributed by atoms with Crippen molar-refractivity contribution in [2.24, 2.45) is 0 Å². The number of carboxylic acids is 2. The normalized spacial score (nSPS) is 13.4. The van der Waals surface area contributed by atoms with Gasteiger partial charge in [0.15, 0.2) is 0 Å². The molecule has 0 aliphatic carbocycles. The maximum absolute atomic E-state index is 12.4. The highest BCUT2D eigenvalue weighted by molar-refractivity contribution is 6.33. The first-order chi connectivity index (χ1) is 27.1. The summed E-state index contributed by atoms with van der Waals surface area (Å²) < 4.78 is 9.51. The van der Waals surface area contributed by atoms with Gasteiger partial charge >= 0.3 is 35.8 Å².